The van der Waals surface area contributed by atoms with Crippen molar-refractivity contribution in [2.24, 2.45) is 10.6 Å². The normalized spacial score (nSPS) is 14.9. The lowest BCUT2D eigenvalue weighted by Crippen LogP contribution is -2.44. The number of likely N-dealkylation sites (tertiary alicyclic amines) is 1. The Morgan fingerprint density at radius 2 is 1.80 bits per heavy atom. The summed E-state index contributed by atoms with van der Waals surface area (Å²) in [7, 11) is 0. The van der Waals surface area contributed by atoms with Gasteiger partial charge in [-0.2, -0.15) is 0 Å². The molecule has 1 aromatic rings. The van der Waals surface area contributed by atoms with Crippen LogP contribution in [0.3, 0.4) is 0 Å². The summed E-state index contributed by atoms with van der Waals surface area (Å²) >= 11 is 2.21. The number of nitrogens with zero attached hydrogens (tertiary/aromatic N) is 2. The van der Waals surface area contributed by atoms with E-state index < -0.39 is 0 Å². The lowest BCUT2D eigenvalue weighted by atomic mass is 9.93. The first kappa shape index (κ1) is 19.7. The second kappa shape index (κ2) is 8.64. The molecule has 0 bridgehead atoms. The van der Waals surface area contributed by atoms with Crippen LogP contribution in [-0.4, -0.2) is 42.1 Å². The van der Waals surface area contributed by atoms with Gasteiger partial charge in [0.15, 0.2) is 6.61 Å². The SMILES string of the molecule is CC(C)(C)C(=O)N1CCC(=NOCC(=O)Nc2ccc(I)cc2)CC1. The van der Waals surface area contributed by atoms with Crippen molar-refractivity contribution in [1.29, 1.82) is 0 Å². The molecule has 1 aliphatic heterocycles. The van der Waals surface area contributed by atoms with Crippen molar-refractivity contribution in [3.63, 3.8) is 0 Å². The quantitative estimate of drug-likeness (QED) is 0.558. The zero-order valence-corrected chi connectivity index (χ0v) is 17.0. The van der Waals surface area contributed by atoms with Gasteiger partial charge in [-0.25, -0.2) is 0 Å². The van der Waals surface area contributed by atoms with E-state index >= 15 is 0 Å². The lowest BCUT2D eigenvalue weighted by molar-refractivity contribution is -0.139. The molecule has 1 fully saturated rings. The van der Waals surface area contributed by atoms with Crippen LogP contribution in [0.1, 0.15) is 33.6 Å². The van der Waals surface area contributed by atoms with Gasteiger partial charge >= 0.3 is 0 Å². The number of carbonyl (C=O) groups excluding carboxylic acids is 2. The van der Waals surface area contributed by atoms with Gasteiger partial charge in [-0.05, 0) is 46.9 Å². The number of oxime groups is 1. The van der Waals surface area contributed by atoms with Gasteiger partial charge in [0.25, 0.3) is 5.91 Å². The Hall–Kier alpha value is -1.64. The average Bonchev–Trinajstić information content (AvgIpc) is 2.56. The molecular weight excluding hydrogens is 433 g/mol. The molecule has 25 heavy (non-hydrogen) atoms. The van der Waals surface area contributed by atoms with Crippen LogP contribution < -0.4 is 5.32 Å². The van der Waals surface area contributed by atoms with Crippen molar-refractivity contribution in [2.75, 3.05) is 25.0 Å². The van der Waals surface area contributed by atoms with Crippen molar-refractivity contribution < 1.29 is 14.4 Å². The average molecular weight is 457 g/mol. The molecule has 1 aromatic carbocycles. The predicted octanol–water partition coefficient (Wildman–Crippen LogP) is 3.27. The summed E-state index contributed by atoms with van der Waals surface area (Å²) in [5.74, 6) is -0.0877. The van der Waals surface area contributed by atoms with E-state index in [0.29, 0.717) is 25.9 Å². The standard InChI is InChI=1S/C18H24IN3O3/c1-18(2,3)17(24)22-10-8-15(9-11-22)21-25-12-16(23)20-14-6-4-13(19)5-7-14/h4-7H,8-12H2,1-3H3,(H,20,23). The molecule has 1 heterocycles. The number of piperidine rings is 1. The minimum Gasteiger partial charge on any atom is -0.386 e. The zero-order chi connectivity index (χ0) is 18.4. The van der Waals surface area contributed by atoms with Gasteiger partial charge in [0, 0.05) is 40.6 Å². The number of carbonyl (C=O) groups is 2. The van der Waals surface area contributed by atoms with Crippen molar-refractivity contribution in [2.45, 2.75) is 33.6 Å². The number of hydrogen-bond donors (Lipinski definition) is 1. The molecule has 1 aliphatic rings. The molecule has 0 saturated carbocycles. The Morgan fingerprint density at radius 1 is 1.20 bits per heavy atom. The molecule has 0 atom stereocenters. The smallest absolute Gasteiger partial charge is 0.265 e. The van der Waals surface area contributed by atoms with Crippen LogP contribution in [-0.2, 0) is 14.4 Å². The minimum atomic E-state index is -0.362. The Bertz CT molecular complexity index is 641. The third-order valence-corrected chi connectivity index (χ3v) is 4.51. The highest BCUT2D eigenvalue weighted by atomic mass is 127. The summed E-state index contributed by atoms with van der Waals surface area (Å²) in [5, 5.41) is 6.81. The van der Waals surface area contributed by atoms with Crippen LogP contribution in [0.2, 0.25) is 0 Å². The van der Waals surface area contributed by atoms with Crippen LogP contribution in [0.25, 0.3) is 0 Å². The Balaban J connectivity index is 1.73. The van der Waals surface area contributed by atoms with Crippen molar-refractivity contribution >= 4 is 45.8 Å². The molecular formula is C18H24IN3O3. The lowest BCUT2D eigenvalue weighted by Gasteiger charge is -2.32. The van der Waals surface area contributed by atoms with E-state index in [2.05, 4.69) is 33.1 Å². The van der Waals surface area contributed by atoms with E-state index in [1.54, 1.807) is 0 Å². The maximum absolute atomic E-state index is 12.2. The molecule has 2 rings (SSSR count). The number of benzene rings is 1. The first-order valence-electron chi connectivity index (χ1n) is 8.28. The van der Waals surface area contributed by atoms with E-state index in [-0.39, 0.29) is 23.8 Å². The highest BCUT2D eigenvalue weighted by Crippen LogP contribution is 2.20. The Morgan fingerprint density at radius 3 is 2.36 bits per heavy atom. The topological polar surface area (TPSA) is 71.0 Å². The highest BCUT2D eigenvalue weighted by molar-refractivity contribution is 14.1. The monoisotopic (exact) mass is 457 g/mol. The van der Waals surface area contributed by atoms with Crippen molar-refractivity contribution in [3.05, 3.63) is 27.8 Å². The fraction of sp³-hybridized carbons (Fsp3) is 0.500. The molecule has 136 valence electrons. The molecule has 0 aromatic heterocycles. The van der Waals surface area contributed by atoms with Gasteiger partial charge in [0.05, 0.1) is 5.71 Å². The molecule has 1 N–H and O–H groups in total. The molecule has 6 nitrogen and oxygen atoms in total. The van der Waals surface area contributed by atoms with Crippen LogP contribution in [0.15, 0.2) is 29.4 Å². The summed E-state index contributed by atoms with van der Waals surface area (Å²) in [5.41, 5.74) is 1.26. The number of rotatable bonds is 4. The van der Waals surface area contributed by atoms with Crippen LogP contribution >= 0.6 is 22.6 Å². The van der Waals surface area contributed by atoms with Gasteiger partial charge in [0.1, 0.15) is 0 Å². The molecule has 0 aliphatic carbocycles. The van der Waals surface area contributed by atoms with E-state index in [1.807, 2.05) is 49.9 Å². The molecule has 2 amide bonds. The summed E-state index contributed by atoms with van der Waals surface area (Å²) in [6.45, 7) is 6.94. The zero-order valence-electron chi connectivity index (χ0n) is 14.8. The van der Waals surface area contributed by atoms with E-state index in [9.17, 15) is 9.59 Å². The number of halogens is 1. The molecule has 1 saturated heterocycles. The number of amides is 2. The number of hydrogen-bond acceptors (Lipinski definition) is 4. The second-order valence-corrected chi connectivity index (χ2v) is 8.27. The largest absolute Gasteiger partial charge is 0.386 e. The number of anilines is 1. The summed E-state index contributed by atoms with van der Waals surface area (Å²) < 4.78 is 1.11. The third-order valence-electron chi connectivity index (χ3n) is 3.79. The summed E-state index contributed by atoms with van der Waals surface area (Å²) in [4.78, 5) is 31.1. The Labute approximate surface area is 162 Å². The van der Waals surface area contributed by atoms with E-state index in [0.717, 1.165) is 15.0 Å². The molecule has 7 heteroatoms. The molecule has 0 radical (unpaired) electrons. The van der Waals surface area contributed by atoms with Crippen molar-refractivity contribution in [1.82, 2.24) is 4.90 Å². The van der Waals surface area contributed by atoms with Gasteiger partial charge in [-0.3, -0.25) is 9.59 Å². The fourth-order valence-electron chi connectivity index (χ4n) is 2.45. The maximum Gasteiger partial charge on any atom is 0.265 e. The summed E-state index contributed by atoms with van der Waals surface area (Å²) in [6, 6.07) is 7.52. The van der Waals surface area contributed by atoms with E-state index in [1.165, 1.54) is 0 Å². The molecule has 0 unspecified atom stereocenters. The first-order valence-corrected chi connectivity index (χ1v) is 9.36. The summed E-state index contributed by atoms with van der Waals surface area (Å²) in [6.07, 6.45) is 1.36. The van der Waals surface area contributed by atoms with Gasteiger partial charge < -0.3 is 15.1 Å². The van der Waals surface area contributed by atoms with Gasteiger partial charge in [0.2, 0.25) is 5.91 Å². The highest BCUT2D eigenvalue weighted by Gasteiger charge is 2.29. The number of nitrogens with one attached hydrogen (secondary N) is 1. The second-order valence-electron chi connectivity index (χ2n) is 7.03. The van der Waals surface area contributed by atoms with Crippen molar-refractivity contribution in [3.8, 4) is 0 Å². The van der Waals surface area contributed by atoms with Gasteiger partial charge in [-0.1, -0.05) is 25.9 Å². The maximum atomic E-state index is 12.2. The van der Waals surface area contributed by atoms with E-state index in [4.69, 9.17) is 4.84 Å². The third kappa shape index (κ3) is 6.30. The predicted molar refractivity (Wildman–Crippen MR) is 106 cm³/mol. The first-order chi connectivity index (χ1) is 11.8. The molecule has 0 spiro atoms. The minimum absolute atomic E-state index is 0.125. The Kier molecular flexibility index (Phi) is 6.80. The fourth-order valence-corrected chi connectivity index (χ4v) is 2.81. The van der Waals surface area contributed by atoms with Crippen LogP contribution in [0.5, 0.6) is 0 Å². The van der Waals surface area contributed by atoms with Gasteiger partial charge in [-0.15, -0.1) is 0 Å². The van der Waals surface area contributed by atoms with Crippen LogP contribution in [0.4, 0.5) is 5.69 Å². The van der Waals surface area contributed by atoms with Crippen LogP contribution in [0, 0.1) is 8.99 Å².